The van der Waals surface area contributed by atoms with Gasteiger partial charge in [0.05, 0.1) is 5.41 Å². The highest BCUT2D eigenvalue weighted by molar-refractivity contribution is 5.89. The fourth-order valence-electron chi connectivity index (χ4n) is 2.99. The van der Waals surface area contributed by atoms with E-state index in [1.165, 1.54) is 11.0 Å². The third kappa shape index (κ3) is 2.96. The van der Waals surface area contributed by atoms with Gasteiger partial charge in [-0.1, -0.05) is 12.5 Å². The van der Waals surface area contributed by atoms with Gasteiger partial charge in [-0.05, 0) is 31.4 Å². The van der Waals surface area contributed by atoms with Crippen LogP contribution in [0, 0.1) is 11.6 Å². The van der Waals surface area contributed by atoms with Gasteiger partial charge in [0.1, 0.15) is 11.6 Å². The summed E-state index contributed by atoms with van der Waals surface area (Å²) in [6, 6.07) is 3.61. The molecule has 0 aliphatic heterocycles. The summed E-state index contributed by atoms with van der Waals surface area (Å²) in [5.41, 5.74) is -1.30. The smallest absolute Gasteiger partial charge is 0.303 e. The number of hydrogen-bond acceptors (Lipinski definition) is 2. The molecule has 1 saturated carbocycles. The average Bonchev–Trinajstić information content (AvgIpc) is 2.39. The van der Waals surface area contributed by atoms with Crippen LogP contribution in [0.15, 0.2) is 18.2 Å². The highest BCUT2D eigenvalue weighted by Crippen LogP contribution is 2.47. The van der Waals surface area contributed by atoms with E-state index in [2.05, 4.69) is 0 Å². The molecular formula is C16H19F2NO3. The second-order valence-electron chi connectivity index (χ2n) is 5.76. The van der Waals surface area contributed by atoms with Gasteiger partial charge in [0, 0.05) is 25.6 Å². The number of rotatable bonds is 6. The summed E-state index contributed by atoms with van der Waals surface area (Å²) in [5.74, 6) is -2.67. The van der Waals surface area contributed by atoms with Crippen molar-refractivity contribution in [1.29, 1.82) is 0 Å². The zero-order valence-corrected chi connectivity index (χ0v) is 12.4. The molecule has 0 aromatic heterocycles. The largest absolute Gasteiger partial charge is 0.481 e. The van der Waals surface area contributed by atoms with E-state index in [1.807, 2.05) is 0 Å². The number of amides is 1. The second kappa shape index (κ2) is 6.42. The molecule has 0 radical (unpaired) electrons. The predicted molar refractivity (Wildman–Crippen MR) is 76.4 cm³/mol. The van der Waals surface area contributed by atoms with Crippen LogP contribution in [-0.2, 0) is 15.0 Å². The summed E-state index contributed by atoms with van der Waals surface area (Å²) in [6.07, 6.45) is 1.83. The van der Waals surface area contributed by atoms with E-state index < -0.39 is 23.0 Å². The van der Waals surface area contributed by atoms with Crippen LogP contribution in [-0.4, -0.2) is 35.5 Å². The standard InChI is InChI=1S/C16H19F2NO3/c1-19(10-3-7-13(20)21)15(22)16(8-4-9-16)14-11(17)5-2-6-12(14)18/h2,5-6H,3-4,7-10H2,1H3,(H,20,21). The third-order valence-corrected chi connectivity index (χ3v) is 4.29. The van der Waals surface area contributed by atoms with Gasteiger partial charge < -0.3 is 10.0 Å². The van der Waals surface area contributed by atoms with E-state index in [0.29, 0.717) is 19.3 Å². The minimum atomic E-state index is -1.15. The molecule has 0 saturated heterocycles. The van der Waals surface area contributed by atoms with Gasteiger partial charge in [-0.3, -0.25) is 9.59 Å². The number of carboxylic acid groups (broad SMARTS) is 1. The number of hydrogen-bond donors (Lipinski definition) is 1. The third-order valence-electron chi connectivity index (χ3n) is 4.29. The Balaban J connectivity index is 2.19. The molecule has 22 heavy (non-hydrogen) atoms. The van der Waals surface area contributed by atoms with Crippen LogP contribution in [0.25, 0.3) is 0 Å². The van der Waals surface area contributed by atoms with Crippen molar-refractivity contribution >= 4 is 11.9 Å². The predicted octanol–water partition coefficient (Wildman–Crippen LogP) is 2.71. The van der Waals surface area contributed by atoms with Crippen molar-refractivity contribution in [1.82, 2.24) is 4.90 Å². The maximum atomic E-state index is 14.1. The molecule has 120 valence electrons. The summed E-state index contributed by atoms with van der Waals surface area (Å²) < 4.78 is 28.1. The van der Waals surface area contributed by atoms with Crippen molar-refractivity contribution in [2.45, 2.75) is 37.5 Å². The van der Waals surface area contributed by atoms with Crippen LogP contribution in [0.4, 0.5) is 8.78 Å². The number of benzene rings is 1. The second-order valence-corrected chi connectivity index (χ2v) is 5.76. The van der Waals surface area contributed by atoms with E-state index in [1.54, 1.807) is 7.05 Å². The topological polar surface area (TPSA) is 57.6 Å². The molecular weight excluding hydrogens is 292 g/mol. The first kappa shape index (κ1) is 16.4. The molecule has 0 heterocycles. The van der Waals surface area contributed by atoms with Crippen molar-refractivity contribution in [2.24, 2.45) is 0 Å². The van der Waals surface area contributed by atoms with Gasteiger partial charge >= 0.3 is 5.97 Å². The Kier molecular flexibility index (Phi) is 4.78. The van der Waals surface area contributed by atoms with Crippen molar-refractivity contribution < 1.29 is 23.5 Å². The van der Waals surface area contributed by atoms with Crippen LogP contribution in [0.1, 0.15) is 37.7 Å². The molecule has 1 fully saturated rings. The first-order valence-corrected chi connectivity index (χ1v) is 7.30. The van der Waals surface area contributed by atoms with Crippen molar-refractivity contribution in [3.8, 4) is 0 Å². The Morgan fingerprint density at radius 1 is 1.27 bits per heavy atom. The molecule has 2 rings (SSSR count). The molecule has 6 heteroatoms. The van der Waals surface area contributed by atoms with Crippen LogP contribution >= 0.6 is 0 Å². The molecule has 1 amide bonds. The van der Waals surface area contributed by atoms with Crippen LogP contribution in [0.3, 0.4) is 0 Å². The minimum absolute atomic E-state index is 0.0430. The molecule has 0 bridgehead atoms. The van der Waals surface area contributed by atoms with Crippen LogP contribution in [0.5, 0.6) is 0 Å². The van der Waals surface area contributed by atoms with Crippen LogP contribution in [0.2, 0.25) is 0 Å². The zero-order valence-electron chi connectivity index (χ0n) is 12.4. The molecule has 0 atom stereocenters. The summed E-state index contributed by atoms with van der Waals surface area (Å²) in [7, 11) is 1.54. The number of nitrogens with zero attached hydrogens (tertiary/aromatic N) is 1. The lowest BCUT2D eigenvalue weighted by molar-refractivity contribution is -0.141. The van der Waals surface area contributed by atoms with Gasteiger partial charge in [-0.15, -0.1) is 0 Å². The van der Waals surface area contributed by atoms with E-state index in [9.17, 15) is 18.4 Å². The molecule has 1 aliphatic rings. The number of carboxylic acids is 1. The molecule has 1 aliphatic carbocycles. The van der Waals surface area contributed by atoms with Gasteiger partial charge in [0.25, 0.3) is 0 Å². The fraction of sp³-hybridized carbons (Fsp3) is 0.500. The Morgan fingerprint density at radius 3 is 2.32 bits per heavy atom. The fourth-order valence-corrected chi connectivity index (χ4v) is 2.99. The quantitative estimate of drug-likeness (QED) is 0.879. The van der Waals surface area contributed by atoms with Crippen molar-refractivity contribution in [3.05, 3.63) is 35.4 Å². The first-order valence-electron chi connectivity index (χ1n) is 7.30. The summed E-state index contributed by atoms with van der Waals surface area (Å²) in [5, 5.41) is 8.63. The summed E-state index contributed by atoms with van der Waals surface area (Å²) in [6.45, 7) is 0.253. The molecule has 1 aromatic rings. The molecule has 0 unspecified atom stereocenters. The number of halogens is 2. The Bertz CT molecular complexity index is 565. The van der Waals surface area contributed by atoms with Gasteiger partial charge in [-0.2, -0.15) is 0 Å². The number of carbonyl (C=O) groups is 2. The molecule has 4 nitrogen and oxygen atoms in total. The SMILES string of the molecule is CN(CCCC(=O)O)C(=O)C1(c2c(F)cccc2F)CCC1. The van der Waals surface area contributed by atoms with Gasteiger partial charge in [0.15, 0.2) is 0 Å². The monoisotopic (exact) mass is 311 g/mol. The normalized spacial score (nSPS) is 16.0. The highest BCUT2D eigenvalue weighted by atomic mass is 19.1. The van der Waals surface area contributed by atoms with Crippen molar-refractivity contribution in [3.63, 3.8) is 0 Å². The zero-order chi connectivity index (χ0) is 16.3. The molecule has 1 N–H and O–H groups in total. The number of carbonyl (C=O) groups excluding carboxylic acids is 1. The number of likely N-dealkylation sites (N-methyl/N-ethyl adjacent to an activating group) is 1. The number of aliphatic carboxylic acids is 1. The lowest BCUT2D eigenvalue weighted by Gasteiger charge is -2.43. The minimum Gasteiger partial charge on any atom is -0.481 e. The molecule has 1 aromatic carbocycles. The van der Waals surface area contributed by atoms with Gasteiger partial charge in [0.2, 0.25) is 5.91 Å². The van der Waals surface area contributed by atoms with E-state index in [4.69, 9.17) is 5.11 Å². The average molecular weight is 311 g/mol. The highest BCUT2D eigenvalue weighted by Gasteiger charge is 2.50. The van der Waals surface area contributed by atoms with E-state index >= 15 is 0 Å². The Hall–Kier alpha value is -1.98. The van der Waals surface area contributed by atoms with Crippen LogP contribution < -0.4 is 0 Å². The van der Waals surface area contributed by atoms with Gasteiger partial charge in [-0.25, -0.2) is 8.78 Å². The Morgan fingerprint density at radius 2 is 1.86 bits per heavy atom. The lowest BCUT2D eigenvalue weighted by Crippen LogP contribution is -2.51. The van der Waals surface area contributed by atoms with Crippen molar-refractivity contribution in [2.75, 3.05) is 13.6 Å². The lowest BCUT2D eigenvalue weighted by atomic mass is 9.63. The van der Waals surface area contributed by atoms with E-state index in [-0.39, 0.29) is 24.4 Å². The first-order chi connectivity index (χ1) is 10.4. The summed E-state index contributed by atoms with van der Waals surface area (Å²) >= 11 is 0. The van der Waals surface area contributed by atoms with E-state index in [0.717, 1.165) is 18.6 Å². The Labute approximate surface area is 127 Å². The maximum Gasteiger partial charge on any atom is 0.303 e. The molecule has 0 spiro atoms. The summed E-state index contributed by atoms with van der Waals surface area (Å²) in [4.78, 5) is 24.6. The maximum absolute atomic E-state index is 14.1.